The van der Waals surface area contributed by atoms with Gasteiger partial charge in [0, 0.05) is 17.3 Å². The second-order valence-electron chi connectivity index (χ2n) is 8.64. The van der Waals surface area contributed by atoms with Crippen LogP contribution in [0.4, 0.5) is 5.69 Å². The second kappa shape index (κ2) is 9.82. The van der Waals surface area contributed by atoms with Crippen molar-refractivity contribution in [1.29, 1.82) is 0 Å². The molecule has 39 heavy (non-hydrogen) atoms. The highest BCUT2D eigenvalue weighted by molar-refractivity contribution is 5.92. The first kappa shape index (κ1) is 24.0. The van der Waals surface area contributed by atoms with Gasteiger partial charge in [-0.2, -0.15) is 4.98 Å². The number of anilines is 1. The van der Waals surface area contributed by atoms with Crippen LogP contribution in [-0.4, -0.2) is 39.1 Å². The van der Waals surface area contributed by atoms with Crippen LogP contribution >= 0.6 is 0 Å². The number of hydrogen-bond acceptors (Lipinski definition) is 9. The number of carbonyl (C=O) groups is 1. The van der Waals surface area contributed by atoms with Crippen LogP contribution in [0.25, 0.3) is 22.3 Å². The third-order valence-electron chi connectivity index (χ3n) is 6.19. The number of aromatic nitrogens is 4. The van der Waals surface area contributed by atoms with E-state index in [1.54, 1.807) is 31.4 Å². The number of amides is 1. The number of ether oxygens (including phenoxy) is 3. The van der Waals surface area contributed by atoms with E-state index < -0.39 is 17.2 Å². The summed E-state index contributed by atoms with van der Waals surface area (Å²) in [6, 6.07) is 18.9. The molecule has 12 heteroatoms. The predicted molar refractivity (Wildman–Crippen MR) is 139 cm³/mol. The van der Waals surface area contributed by atoms with Gasteiger partial charge in [0.15, 0.2) is 11.5 Å². The van der Waals surface area contributed by atoms with Gasteiger partial charge in [0.2, 0.25) is 24.4 Å². The molecule has 12 nitrogen and oxygen atoms in total. The number of fused-ring (bicyclic) bond motifs is 2. The fourth-order valence-electron chi connectivity index (χ4n) is 4.28. The molecule has 1 amide bonds. The third kappa shape index (κ3) is 4.59. The van der Waals surface area contributed by atoms with Crippen LogP contribution in [-0.2, 0) is 17.9 Å². The van der Waals surface area contributed by atoms with E-state index in [1.165, 1.54) is 16.7 Å². The molecule has 1 aliphatic heterocycles. The Labute approximate surface area is 220 Å². The maximum Gasteiger partial charge on any atom is 0.332 e. The number of carbonyl (C=O) groups excluding carboxylic acids is 1. The molecule has 3 aromatic carbocycles. The average Bonchev–Trinajstić information content (AvgIpc) is 3.63. The SMILES string of the molecule is COc1ccc(NC(=O)Cn2c(=O)n(Cc3nc(-c4ccccc4)no3)c(=O)c3cc4c(cc32)OCO4)cc1. The Morgan fingerprint density at radius 1 is 1.00 bits per heavy atom. The minimum Gasteiger partial charge on any atom is -0.497 e. The van der Waals surface area contributed by atoms with Crippen molar-refractivity contribution < 1.29 is 23.5 Å². The van der Waals surface area contributed by atoms with Crippen LogP contribution in [0.1, 0.15) is 5.89 Å². The second-order valence-corrected chi connectivity index (χ2v) is 8.64. The molecular weight excluding hydrogens is 506 g/mol. The summed E-state index contributed by atoms with van der Waals surface area (Å²) >= 11 is 0. The van der Waals surface area contributed by atoms with Gasteiger partial charge in [-0.1, -0.05) is 35.5 Å². The average molecular weight is 527 g/mol. The van der Waals surface area contributed by atoms with Gasteiger partial charge in [-0.3, -0.25) is 18.7 Å². The minimum absolute atomic E-state index is 0.0215. The van der Waals surface area contributed by atoms with E-state index >= 15 is 0 Å². The van der Waals surface area contributed by atoms with Gasteiger partial charge in [0.1, 0.15) is 18.8 Å². The van der Waals surface area contributed by atoms with E-state index in [0.717, 1.165) is 10.1 Å². The summed E-state index contributed by atoms with van der Waals surface area (Å²) in [4.78, 5) is 44.4. The van der Waals surface area contributed by atoms with Crippen molar-refractivity contribution in [2.75, 3.05) is 19.2 Å². The summed E-state index contributed by atoms with van der Waals surface area (Å²) in [6.07, 6.45) is 0. The molecule has 0 radical (unpaired) electrons. The standard InChI is InChI=1S/C27H21N5O7/c1-36-18-9-7-17(8-10-18)28-23(33)13-31-20-12-22-21(37-15-38-22)11-19(20)26(34)32(27(31)35)14-24-29-25(30-39-24)16-5-3-2-4-6-16/h2-12H,13-15H2,1H3,(H,28,33). The highest BCUT2D eigenvalue weighted by Gasteiger charge is 2.23. The lowest BCUT2D eigenvalue weighted by Crippen LogP contribution is -2.42. The van der Waals surface area contributed by atoms with Crippen LogP contribution in [0.3, 0.4) is 0 Å². The van der Waals surface area contributed by atoms with E-state index in [0.29, 0.717) is 28.8 Å². The predicted octanol–water partition coefficient (Wildman–Crippen LogP) is 2.64. The topological polar surface area (TPSA) is 140 Å². The fourth-order valence-corrected chi connectivity index (χ4v) is 4.28. The van der Waals surface area contributed by atoms with Gasteiger partial charge in [0.05, 0.1) is 18.0 Å². The molecule has 6 rings (SSSR count). The Morgan fingerprint density at radius 2 is 1.74 bits per heavy atom. The molecule has 3 heterocycles. The third-order valence-corrected chi connectivity index (χ3v) is 6.19. The summed E-state index contributed by atoms with van der Waals surface area (Å²) in [5.41, 5.74) is 0.142. The van der Waals surface area contributed by atoms with Crippen molar-refractivity contribution in [1.82, 2.24) is 19.3 Å². The largest absolute Gasteiger partial charge is 0.497 e. The summed E-state index contributed by atoms with van der Waals surface area (Å²) in [6.45, 7) is -0.686. The number of nitrogens with zero attached hydrogens (tertiary/aromatic N) is 4. The van der Waals surface area contributed by atoms with Crippen molar-refractivity contribution >= 4 is 22.5 Å². The molecule has 2 aromatic heterocycles. The Balaban J connectivity index is 1.39. The van der Waals surface area contributed by atoms with E-state index in [-0.39, 0.29) is 36.7 Å². The number of methoxy groups -OCH3 is 1. The van der Waals surface area contributed by atoms with Crippen LogP contribution in [0.15, 0.2) is 80.8 Å². The maximum atomic E-state index is 13.6. The van der Waals surface area contributed by atoms with Gasteiger partial charge < -0.3 is 24.1 Å². The van der Waals surface area contributed by atoms with Crippen molar-refractivity contribution in [3.05, 3.63) is 93.5 Å². The summed E-state index contributed by atoms with van der Waals surface area (Å²) in [5.74, 6) is 1.27. The molecule has 0 spiro atoms. The van der Waals surface area contributed by atoms with Crippen molar-refractivity contribution in [2.45, 2.75) is 13.1 Å². The zero-order valence-corrected chi connectivity index (χ0v) is 20.6. The molecule has 0 saturated heterocycles. The highest BCUT2D eigenvalue weighted by atomic mass is 16.7. The van der Waals surface area contributed by atoms with Crippen LogP contribution in [0, 0.1) is 0 Å². The van der Waals surface area contributed by atoms with Crippen LogP contribution in [0.2, 0.25) is 0 Å². The van der Waals surface area contributed by atoms with E-state index in [1.807, 2.05) is 30.3 Å². The number of benzene rings is 3. The van der Waals surface area contributed by atoms with Crippen molar-refractivity contribution in [3.63, 3.8) is 0 Å². The molecule has 196 valence electrons. The Bertz CT molecular complexity index is 1810. The van der Waals surface area contributed by atoms with E-state index in [9.17, 15) is 14.4 Å². The van der Waals surface area contributed by atoms with Gasteiger partial charge in [0.25, 0.3) is 5.56 Å². The fraction of sp³-hybridized carbons (Fsp3) is 0.148. The van der Waals surface area contributed by atoms with Gasteiger partial charge in [-0.05, 0) is 30.3 Å². The molecule has 0 unspecified atom stereocenters. The van der Waals surface area contributed by atoms with Gasteiger partial charge in [-0.25, -0.2) is 4.79 Å². The zero-order valence-electron chi connectivity index (χ0n) is 20.6. The minimum atomic E-state index is -0.726. The normalized spacial score (nSPS) is 12.0. The first-order valence-corrected chi connectivity index (χ1v) is 11.9. The molecule has 1 N–H and O–H groups in total. The summed E-state index contributed by atoms with van der Waals surface area (Å²) in [5, 5.41) is 6.88. The molecule has 0 saturated carbocycles. The Hall–Kier alpha value is -5.39. The van der Waals surface area contributed by atoms with Crippen molar-refractivity contribution in [3.8, 4) is 28.6 Å². The monoisotopic (exact) mass is 527 g/mol. The highest BCUT2D eigenvalue weighted by Crippen LogP contribution is 2.34. The summed E-state index contributed by atoms with van der Waals surface area (Å²) in [7, 11) is 1.54. The lowest BCUT2D eigenvalue weighted by Gasteiger charge is -2.14. The van der Waals surface area contributed by atoms with E-state index in [2.05, 4.69) is 15.5 Å². The lowest BCUT2D eigenvalue weighted by atomic mass is 10.2. The zero-order chi connectivity index (χ0) is 26.9. The molecular formula is C27H21N5O7. The smallest absolute Gasteiger partial charge is 0.332 e. The molecule has 5 aromatic rings. The van der Waals surface area contributed by atoms with Crippen molar-refractivity contribution in [2.24, 2.45) is 0 Å². The number of nitrogens with one attached hydrogen (secondary N) is 1. The molecule has 0 aliphatic carbocycles. The number of hydrogen-bond donors (Lipinski definition) is 1. The van der Waals surface area contributed by atoms with E-state index in [4.69, 9.17) is 18.7 Å². The van der Waals surface area contributed by atoms with Gasteiger partial charge >= 0.3 is 5.69 Å². The number of rotatable bonds is 7. The van der Waals surface area contributed by atoms with Crippen LogP contribution in [0.5, 0.6) is 17.2 Å². The molecule has 1 aliphatic rings. The first-order chi connectivity index (χ1) is 19.0. The Kier molecular flexibility index (Phi) is 6.04. The quantitative estimate of drug-likeness (QED) is 0.338. The molecule has 0 atom stereocenters. The summed E-state index contributed by atoms with van der Waals surface area (Å²) < 4.78 is 23.5. The Morgan fingerprint density at radius 3 is 2.49 bits per heavy atom. The maximum absolute atomic E-state index is 13.6. The lowest BCUT2D eigenvalue weighted by molar-refractivity contribution is -0.116. The molecule has 0 bridgehead atoms. The van der Waals surface area contributed by atoms with Gasteiger partial charge in [-0.15, -0.1) is 0 Å². The van der Waals surface area contributed by atoms with Crippen LogP contribution < -0.4 is 30.8 Å². The first-order valence-electron chi connectivity index (χ1n) is 11.9. The molecule has 0 fully saturated rings.